The van der Waals surface area contributed by atoms with Gasteiger partial charge in [-0.05, 0) is 18.8 Å². The van der Waals surface area contributed by atoms with Crippen molar-refractivity contribution in [3.05, 3.63) is 10.4 Å². The normalized spacial score (nSPS) is 14.6. The number of hydrogen-bond acceptors (Lipinski definition) is 5. The van der Waals surface area contributed by atoms with Gasteiger partial charge in [0.2, 0.25) is 0 Å². The van der Waals surface area contributed by atoms with E-state index in [9.17, 15) is 9.59 Å². The number of nitrogens with two attached hydrogens (primary N) is 2. The number of hydrogen-bond donors (Lipinski definition) is 2. The lowest BCUT2D eigenvalue weighted by molar-refractivity contribution is 0.0972. The van der Waals surface area contributed by atoms with E-state index in [2.05, 4.69) is 13.8 Å². The van der Waals surface area contributed by atoms with Gasteiger partial charge < -0.3 is 16.4 Å². The van der Waals surface area contributed by atoms with Gasteiger partial charge in [0.15, 0.2) is 5.78 Å². The number of ketones is 1. The van der Waals surface area contributed by atoms with Crippen molar-refractivity contribution in [2.75, 3.05) is 24.2 Å². The molecule has 1 aromatic rings. The van der Waals surface area contributed by atoms with Crippen molar-refractivity contribution in [1.29, 1.82) is 0 Å². The Kier molecular flexibility index (Phi) is 4.04. The summed E-state index contributed by atoms with van der Waals surface area (Å²) in [5, 5.41) is 0.702. The highest BCUT2D eigenvalue weighted by atomic mass is 32.1. The topological polar surface area (TPSA) is 89.4 Å². The molecule has 1 amide bonds. The summed E-state index contributed by atoms with van der Waals surface area (Å²) in [6.07, 6.45) is 1.83. The van der Waals surface area contributed by atoms with Gasteiger partial charge in [-0.3, -0.25) is 9.59 Å². The van der Waals surface area contributed by atoms with E-state index in [1.54, 1.807) is 0 Å². The molecule has 1 heterocycles. The first-order valence-corrected chi connectivity index (χ1v) is 7.62. The predicted molar refractivity (Wildman–Crippen MR) is 82.4 cm³/mol. The average molecular weight is 295 g/mol. The number of carbonyl (C=O) groups excluding carboxylic acids is 2. The summed E-state index contributed by atoms with van der Waals surface area (Å²) in [7, 11) is 1.89. The third kappa shape index (κ3) is 2.80. The smallest absolute Gasteiger partial charge is 0.253 e. The molecule has 1 fully saturated rings. The first kappa shape index (κ1) is 14.8. The highest BCUT2D eigenvalue weighted by molar-refractivity contribution is 7.19. The summed E-state index contributed by atoms with van der Waals surface area (Å²) in [4.78, 5) is 26.3. The Morgan fingerprint density at radius 2 is 2.00 bits per heavy atom. The van der Waals surface area contributed by atoms with Crippen LogP contribution in [0.15, 0.2) is 0 Å². The largest absolute Gasteiger partial charge is 0.397 e. The fraction of sp³-hybridized carbons (Fsp3) is 0.571. The van der Waals surface area contributed by atoms with Gasteiger partial charge in [-0.1, -0.05) is 13.8 Å². The van der Waals surface area contributed by atoms with Crippen LogP contribution in [-0.4, -0.2) is 25.3 Å². The van der Waals surface area contributed by atoms with Gasteiger partial charge in [0.25, 0.3) is 5.91 Å². The highest BCUT2D eigenvalue weighted by Crippen LogP contribution is 2.42. The minimum atomic E-state index is -0.570. The maximum Gasteiger partial charge on any atom is 0.253 e. The number of carbonyl (C=O) groups is 2. The number of amides is 1. The summed E-state index contributed by atoms with van der Waals surface area (Å²) in [6.45, 7) is 4.96. The molecule has 0 radical (unpaired) electrons. The first-order valence-electron chi connectivity index (χ1n) is 6.80. The summed E-state index contributed by atoms with van der Waals surface area (Å²) in [5.74, 6) is 0.00460. The van der Waals surface area contributed by atoms with E-state index in [0.717, 1.165) is 19.4 Å². The van der Waals surface area contributed by atoms with Crippen molar-refractivity contribution >= 4 is 33.7 Å². The van der Waals surface area contributed by atoms with E-state index in [1.807, 2.05) is 11.9 Å². The maximum absolute atomic E-state index is 12.2. The number of anilines is 2. The minimum absolute atomic E-state index is 0.0548. The molecular weight excluding hydrogens is 274 g/mol. The Labute approximate surface area is 122 Å². The molecular formula is C14H21N3O2S. The van der Waals surface area contributed by atoms with Gasteiger partial charge in [0, 0.05) is 19.5 Å². The van der Waals surface area contributed by atoms with Crippen LogP contribution in [0, 0.1) is 11.8 Å². The molecule has 1 saturated carbocycles. The third-order valence-corrected chi connectivity index (χ3v) is 4.66. The van der Waals surface area contributed by atoms with Crippen molar-refractivity contribution < 1.29 is 9.59 Å². The van der Waals surface area contributed by atoms with Gasteiger partial charge >= 0.3 is 0 Å². The van der Waals surface area contributed by atoms with Crippen LogP contribution in [0.5, 0.6) is 0 Å². The van der Waals surface area contributed by atoms with Crippen LogP contribution in [0.3, 0.4) is 0 Å². The molecule has 1 aromatic heterocycles. The summed E-state index contributed by atoms with van der Waals surface area (Å²) < 4.78 is 0. The number of nitrogen functional groups attached to an aromatic ring is 1. The standard InChI is InChI=1S/C14H21N3O2S/c1-7(2)6-17(3)14-9(13(16)19)10(15)12(20-14)11(18)8-4-5-8/h7-8H,4-6,15H2,1-3H3,(H2,16,19). The fourth-order valence-corrected chi connectivity index (χ4v) is 3.50. The van der Waals surface area contributed by atoms with Crippen molar-refractivity contribution in [1.82, 2.24) is 0 Å². The lowest BCUT2D eigenvalue weighted by atomic mass is 10.1. The van der Waals surface area contributed by atoms with Gasteiger partial charge in [-0.2, -0.15) is 0 Å². The number of nitrogens with zero attached hydrogens (tertiary/aromatic N) is 1. The molecule has 0 unspecified atom stereocenters. The van der Waals surface area contributed by atoms with Crippen molar-refractivity contribution in [2.45, 2.75) is 26.7 Å². The Balaban J connectivity index is 2.41. The molecule has 110 valence electrons. The molecule has 0 atom stereocenters. The van der Waals surface area contributed by atoms with E-state index in [-0.39, 0.29) is 17.4 Å². The second-order valence-electron chi connectivity index (χ2n) is 5.80. The van der Waals surface area contributed by atoms with Gasteiger partial charge in [-0.25, -0.2) is 0 Å². The Morgan fingerprint density at radius 1 is 1.40 bits per heavy atom. The predicted octanol–water partition coefficient (Wildman–Crippen LogP) is 2.11. The lowest BCUT2D eigenvalue weighted by Gasteiger charge is -2.20. The molecule has 6 heteroatoms. The molecule has 0 aliphatic heterocycles. The number of Topliss-reactive ketones (excluding diaryl/α,β-unsaturated/α-hetero) is 1. The molecule has 2 rings (SSSR count). The molecule has 0 bridgehead atoms. The van der Waals surface area contributed by atoms with E-state index < -0.39 is 5.91 Å². The highest BCUT2D eigenvalue weighted by Gasteiger charge is 2.35. The van der Waals surface area contributed by atoms with Crippen LogP contribution in [0.4, 0.5) is 10.7 Å². The molecule has 0 spiro atoms. The molecule has 20 heavy (non-hydrogen) atoms. The fourth-order valence-electron chi connectivity index (χ4n) is 2.28. The van der Waals surface area contributed by atoms with E-state index in [4.69, 9.17) is 11.5 Å². The number of primary amides is 1. The molecule has 0 aromatic carbocycles. The summed E-state index contributed by atoms with van der Waals surface area (Å²) in [6, 6.07) is 0. The minimum Gasteiger partial charge on any atom is -0.397 e. The molecule has 1 aliphatic carbocycles. The van der Waals surface area contributed by atoms with Crippen molar-refractivity contribution in [3.63, 3.8) is 0 Å². The van der Waals surface area contributed by atoms with Crippen LogP contribution in [0.1, 0.15) is 46.7 Å². The third-order valence-electron chi connectivity index (χ3n) is 3.33. The summed E-state index contributed by atoms with van der Waals surface area (Å²) in [5.41, 5.74) is 12.0. The van der Waals surface area contributed by atoms with Crippen molar-refractivity contribution in [3.8, 4) is 0 Å². The van der Waals surface area contributed by atoms with E-state index in [0.29, 0.717) is 21.4 Å². The van der Waals surface area contributed by atoms with Crippen LogP contribution in [0.2, 0.25) is 0 Å². The number of rotatable bonds is 6. The van der Waals surface area contributed by atoms with Crippen LogP contribution >= 0.6 is 11.3 Å². The quantitative estimate of drug-likeness (QED) is 0.787. The van der Waals surface area contributed by atoms with Crippen LogP contribution < -0.4 is 16.4 Å². The zero-order chi connectivity index (χ0) is 15.0. The molecule has 0 saturated heterocycles. The second-order valence-corrected chi connectivity index (χ2v) is 6.80. The zero-order valence-corrected chi connectivity index (χ0v) is 12.9. The first-order chi connectivity index (χ1) is 9.32. The van der Waals surface area contributed by atoms with Crippen molar-refractivity contribution in [2.24, 2.45) is 17.6 Å². The average Bonchev–Trinajstić information content (AvgIpc) is 3.10. The van der Waals surface area contributed by atoms with Gasteiger partial charge in [-0.15, -0.1) is 11.3 Å². The van der Waals surface area contributed by atoms with E-state index in [1.165, 1.54) is 11.3 Å². The van der Waals surface area contributed by atoms with Crippen LogP contribution in [0.25, 0.3) is 0 Å². The SMILES string of the molecule is CC(C)CN(C)c1sc(C(=O)C2CC2)c(N)c1C(N)=O. The molecule has 5 nitrogen and oxygen atoms in total. The Bertz CT molecular complexity index is 547. The monoisotopic (exact) mass is 295 g/mol. The molecule has 4 N–H and O–H groups in total. The lowest BCUT2D eigenvalue weighted by Crippen LogP contribution is -2.25. The van der Waals surface area contributed by atoms with Gasteiger partial charge in [0.1, 0.15) is 5.00 Å². The van der Waals surface area contributed by atoms with Crippen LogP contribution in [-0.2, 0) is 0 Å². The summed E-state index contributed by atoms with van der Waals surface area (Å²) >= 11 is 1.29. The maximum atomic E-state index is 12.2. The zero-order valence-electron chi connectivity index (χ0n) is 12.1. The van der Waals surface area contributed by atoms with Gasteiger partial charge in [0.05, 0.1) is 16.1 Å². The number of thiophene rings is 1. The second kappa shape index (κ2) is 5.44. The Morgan fingerprint density at radius 3 is 2.45 bits per heavy atom. The molecule has 1 aliphatic rings. The van der Waals surface area contributed by atoms with E-state index >= 15 is 0 Å². The Hall–Kier alpha value is -1.56.